The van der Waals surface area contributed by atoms with Gasteiger partial charge >= 0.3 is 6.18 Å². The summed E-state index contributed by atoms with van der Waals surface area (Å²) < 4.78 is 51.1. The van der Waals surface area contributed by atoms with Crippen LogP contribution in [-0.4, -0.2) is 17.1 Å². The number of para-hydroxylation sites is 1. The SMILES string of the molecule is COc1ccccc1-c1ccc(C(F)(F)F)cc1Oc1ccc2cnccc2n1. The van der Waals surface area contributed by atoms with Crippen LogP contribution in [-0.2, 0) is 6.18 Å². The van der Waals surface area contributed by atoms with Crippen molar-refractivity contribution in [3.8, 4) is 28.5 Å². The molecular formula is C22H15F3N2O2. The number of hydrogen-bond acceptors (Lipinski definition) is 4. The smallest absolute Gasteiger partial charge is 0.416 e. The zero-order chi connectivity index (χ0) is 20.4. The molecular weight excluding hydrogens is 381 g/mol. The number of methoxy groups -OCH3 is 1. The van der Waals surface area contributed by atoms with Gasteiger partial charge in [0.1, 0.15) is 11.5 Å². The van der Waals surface area contributed by atoms with Gasteiger partial charge in [0.15, 0.2) is 0 Å². The molecule has 0 amide bonds. The van der Waals surface area contributed by atoms with E-state index in [0.717, 1.165) is 17.5 Å². The van der Waals surface area contributed by atoms with Crippen molar-refractivity contribution in [3.05, 3.63) is 78.6 Å². The highest BCUT2D eigenvalue weighted by molar-refractivity contribution is 5.79. The molecule has 0 spiro atoms. The molecule has 0 bridgehead atoms. The van der Waals surface area contributed by atoms with Crippen LogP contribution in [0.15, 0.2) is 73.1 Å². The summed E-state index contributed by atoms with van der Waals surface area (Å²) in [6.45, 7) is 0. The van der Waals surface area contributed by atoms with E-state index in [2.05, 4.69) is 9.97 Å². The Morgan fingerprint density at radius 1 is 0.862 bits per heavy atom. The molecule has 0 fully saturated rings. The van der Waals surface area contributed by atoms with Crippen LogP contribution >= 0.6 is 0 Å². The summed E-state index contributed by atoms with van der Waals surface area (Å²) in [5, 5.41) is 0.800. The molecule has 0 saturated carbocycles. The molecule has 0 aliphatic rings. The first-order valence-electron chi connectivity index (χ1n) is 8.69. The van der Waals surface area contributed by atoms with Crippen LogP contribution in [0.4, 0.5) is 13.2 Å². The third kappa shape index (κ3) is 3.85. The molecule has 0 aliphatic carbocycles. The second-order valence-corrected chi connectivity index (χ2v) is 6.23. The van der Waals surface area contributed by atoms with Crippen molar-refractivity contribution in [2.75, 3.05) is 7.11 Å². The fraction of sp³-hybridized carbons (Fsp3) is 0.0909. The number of fused-ring (bicyclic) bond motifs is 1. The first kappa shape index (κ1) is 18.7. The van der Waals surface area contributed by atoms with E-state index in [1.165, 1.54) is 13.2 Å². The molecule has 146 valence electrons. The number of alkyl halides is 3. The van der Waals surface area contributed by atoms with Crippen molar-refractivity contribution >= 4 is 10.9 Å². The van der Waals surface area contributed by atoms with Crippen molar-refractivity contribution in [2.45, 2.75) is 6.18 Å². The summed E-state index contributed by atoms with van der Waals surface area (Å²) in [6.07, 6.45) is -1.26. The Bertz CT molecular complexity index is 1180. The minimum atomic E-state index is -4.50. The summed E-state index contributed by atoms with van der Waals surface area (Å²) in [5.74, 6) is 0.735. The first-order chi connectivity index (χ1) is 14.0. The zero-order valence-electron chi connectivity index (χ0n) is 15.3. The quantitative estimate of drug-likeness (QED) is 0.417. The van der Waals surface area contributed by atoms with Crippen LogP contribution in [0, 0.1) is 0 Å². The topological polar surface area (TPSA) is 44.2 Å². The average molecular weight is 396 g/mol. The number of ether oxygens (including phenoxy) is 2. The molecule has 4 nitrogen and oxygen atoms in total. The number of pyridine rings is 2. The maximum absolute atomic E-state index is 13.3. The van der Waals surface area contributed by atoms with Gasteiger partial charge in [-0.05, 0) is 36.4 Å². The fourth-order valence-electron chi connectivity index (χ4n) is 2.99. The maximum Gasteiger partial charge on any atom is 0.416 e. The Morgan fingerprint density at radius 3 is 2.45 bits per heavy atom. The molecule has 0 radical (unpaired) electrons. The lowest BCUT2D eigenvalue weighted by molar-refractivity contribution is -0.137. The maximum atomic E-state index is 13.3. The van der Waals surface area contributed by atoms with Gasteiger partial charge in [0.2, 0.25) is 5.88 Å². The number of aromatic nitrogens is 2. The van der Waals surface area contributed by atoms with Crippen molar-refractivity contribution in [1.29, 1.82) is 0 Å². The number of halogens is 3. The van der Waals surface area contributed by atoms with Gasteiger partial charge in [0, 0.05) is 35.0 Å². The summed E-state index contributed by atoms with van der Waals surface area (Å²) in [7, 11) is 1.50. The Balaban J connectivity index is 1.84. The van der Waals surface area contributed by atoms with Crippen LogP contribution < -0.4 is 9.47 Å². The molecule has 2 aromatic carbocycles. The van der Waals surface area contributed by atoms with E-state index in [0.29, 0.717) is 22.4 Å². The van der Waals surface area contributed by atoms with Gasteiger partial charge in [0.05, 0.1) is 18.2 Å². The zero-order valence-corrected chi connectivity index (χ0v) is 15.3. The van der Waals surface area contributed by atoms with Crippen molar-refractivity contribution in [3.63, 3.8) is 0 Å². The van der Waals surface area contributed by atoms with E-state index in [9.17, 15) is 13.2 Å². The molecule has 4 aromatic rings. The van der Waals surface area contributed by atoms with Crippen LogP contribution in [0.25, 0.3) is 22.0 Å². The molecule has 2 heterocycles. The summed E-state index contributed by atoms with van der Waals surface area (Å²) in [4.78, 5) is 8.38. The Labute approximate surface area is 164 Å². The Kier molecular flexibility index (Phi) is 4.80. The molecule has 0 N–H and O–H groups in total. The van der Waals surface area contributed by atoms with Crippen LogP contribution in [0.1, 0.15) is 5.56 Å². The number of nitrogens with zero attached hydrogens (tertiary/aromatic N) is 2. The van der Waals surface area contributed by atoms with Crippen molar-refractivity contribution in [2.24, 2.45) is 0 Å². The molecule has 29 heavy (non-hydrogen) atoms. The van der Waals surface area contributed by atoms with E-state index in [-0.39, 0.29) is 11.6 Å². The molecule has 2 aromatic heterocycles. The second-order valence-electron chi connectivity index (χ2n) is 6.23. The second kappa shape index (κ2) is 7.43. The fourth-order valence-corrected chi connectivity index (χ4v) is 2.99. The van der Waals surface area contributed by atoms with Gasteiger partial charge in [-0.1, -0.05) is 18.2 Å². The lowest BCUT2D eigenvalue weighted by Gasteiger charge is -2.16. The van der Waals surface area contributed by atoms with Gasteiger partial charge < -0.3 is 9.47 Å². The lowest BCUT2D eigenvalue weighted by atomic mass is 10.0. The highest BCUT2D eigenvalue weighted by Gasteiger charge is 2.31. The van der Waals surface area contributed by atoms with E-state index < -0.39 is 11.7 Å². The minimum Gasteiger partial charge on any atom is -0.496 e. The largest absolute Gasteiger partial charge is 0.496 e. The van der Waals surface area contributed by atoms with Crippen LogP contribution in [0.5, 0.6) is 17.4 Å². The molecule has 0 saturated heterocycles. The highest BCUT2D eigenvalue weighted by Crippen LogP contribution is 2.41. The highest BCUT2D eigenvalue weighted by atomic mass is 19.4. The summed E-state index contributed by atoms with van der Waals surface area (Å²) in [5.41, 5.74) is 0.898. The van der Waals surface area contributed by atoms with Gasteiger partial charge in [-0.15, -0.1) is 0 Å². The Hall–Kier alpha value is -3.61. The van der Waals surface area contributed by atoms with Gasteiger partial charge in [-0.25, -0.2) is 4.98 Å². The summed E-state index contributed by atoms with van der Waals surface area (Å²) >= 11 is 0. The molecule has 0 aliphatic heterocycles. The van der Waals surface area contributed by atoms with Crippen LogP contribution in [0.3, 0.4) is 0 Å². The van der Waals surface area contributed by atoms with E-state index in [4.69, 9.17) is 9.47 Å². The molecule has 4 rings (SSSR count). The number of rotatable bonds is 4. The standard InChI is InChI=1S/C22H15F3N2O2/c1-28-19-5-3-2-4-16(19)17-8-7-15(22(23,24)25)12-20(17)29-21-9-6-14-13-26-11-10-18(14)27-21/h2-13H,1H3. The van der Waals surface area contributed by atoms with E-state index in [1.807, 2.05) is 0 Å². The summed E-state index contributed by atoms with van der Waals surface area (Å²) in [6, 6.07) is 15.5. The lowest BCUT2D eigenvalue weighted by Crippen LogP contribution is -2.05. The van der Waals surface area contributed by atoms with Gasteiger partial charge in [0.25, 0.3) is 0 Å². The predicted octanol–water partition coefficient (Wildman–Crippen LogP) is 6.12. The first-order valence-corrected chi connectivity index (χ1v) is 8.69. The Morgan fingerprint density at radius 2 is 1.66 bits per heavy atom. The predicted molar refractivity (Wildman–Crippen MR) is 103 cm³/mol. The minimum absolute atomic E-state index is 0.0326. The van der Waals surface area contributed by atoms with Crippen molar-refractivity contribution < 1.29 is 22.6 Å². The van der Waals surface area contributed by atoms with Gasteiger partial charge in [-0.2, -0.15) is 13.2 Å². The van der Waals surface area contributed by atoms with E-state index >= 15 is 0 Å². The molecule has 7 heteroatoms. The molecule has 0 unspecified atom stereocenters. The van der Waals surface area contributed by atoms with Gasteiger partial charge in [-0.3, -0.25) is 4.98 Å². The van der Waals surface area contributed by atoms with Crippen molar-refractivity contribution in [1.82, 2.24) is 9.97 Å². The number of hydrogen-bond donors (Lipinski definition) is 0. The van der Waals surface area contributed by atoms with Crippen LogP contribution in [0.2, 0.25) is 0 Å². The van der Waals surface area contributed by atoms with E-state index in [1.54, 1.807) is 54.9 Å². The monoisotopic (exact) mass is 396 g/mol. The molecule has 0 atom stereocenters. The average Bonchev–Trinajstić information content (AvgIpc) is 2.73. The third-order valence-electron chi connectivity index (χ3n) is 4.38. The normalized spacial score (nSPS) is 11.4. The number of benzene rings is 2. The third-order valence-corrected chi connectivity index (χ3v) is 4.38.